The van der Waals surface area contributed by atoms with E-state index in [9.17, 15) is 4.39 Å². The predicted octanol–water partition coefficient (Wildman–Crippen LogP) is 4.04. The molecule has 0 bridgehead atoms. The van der Waals surface area contributed by atoms with E-state index in [1.54, 1.807) is 0 Å². The normalized spacial score (nSPS) is 23.3. The molecule has 1 aromatic carbocycles. The highest BCUT2D eigenvalue weighted by Crippen LogP contribution is 2.31. The van der Waals surface area contributed by atoms with Gasteiger partial charge in [-0.1, -0.05) is 24.6 Å². The van der Waals surface area contributed by atoms with Gasteiger partial charge in [-0.15, -0.1) is 0 Å². The largest absolute Gasteiger partial charge is 0.367 e. The minimum Gasteiger partial charge on any atom is -0.367 e. The van der Waals surface area contributed by atoms with Crippen LogP contribution >= 0.6 is 0 Å². The number of hydrogen-bond acceptors (Lipinski definition) is 5. The SMILES string of the molecule is Fc1cnc(Nc2ccccc2)nc1NCC1CCCN2CCCCC12. The van der Waals surface area contributed by atoms with Gasteiger partial charge in [0.2, 0.25) is 5.95 Å². The second-order valence-corrected chi connectivity index (χ2v) is 7.26. The van der Waals surface area contributed by atoms with Crippen LogP contribution in [0.15, 0.2) is 36.5 Å². The monoisotopic (exact) mass is 355 g/mol. The van der Waals surface area contributed by atoms with E-state index in [2.05, 4.69) is 25.5 Å². The molecule has 1 aromatic heterocycles. The number of rotatable bonds is 5. The first kappa shape index (κ1) is 17.2. The standard InChI is InChI=1S/C20H26FN5/c21-17-14-23-20(24-16-8-2-1-3-9-16)25-19(17)22-13-15-7-6-12-26-11-5-4-10-18(15)26/h1-3,8-9,14-15,18H,4-7,10-13H2,(H2,22,23,24,25). The second-order valence-electron chi connectivity index (χ2n) is 7.26. The smallest absolute Gasteiger partial charge is 0.229 e. The van der Waals surface area contributed by atoms with E-state index in [4.69, 9.17) is 0 Å². The third kappa shape index (κ3) is 3.96. The molecule has 2 unspecified atom stereocenters. The van der Waals surface area contributed by atoms with Gasteiger partial charge in [-0.25, -0.2) is 9.37 Å². The number of anilines is 3. The number of halogens is 1. The lowest BCUT2D eigenvalue weighted by molar-refractivity contribution is 0.0648. The van der Waals surface area contributed by atoms with Crippen LogP contribution in [-0.2, 0) is 0 Å². The van der Waals surface area contributed by atoms with Gasteiger partial charge in [0, 0.05) is 18.3 Å². The zero-order valence-corrected chi connectivity index (χ0v) is 15.0. The number of aromatic nitrogens is 2. The highest BCUT2D eigenvalue weighted by Gasteiger charge is 2.32. The van der Waals surface area contributed by atoms with Crippen LogP contribution in [0.4, 0.5) is 21.8 Å². The van der Waals surface area contributed by atoms with Crippen molar-refractivity contribution in [2.75, 3.05) is 30.3 Å². The Morgan fingerprint density at radius 3 is 2.81 bits per heavy atom. The molecule has 2 saturated heterocycles. The average Bonchev–Trinajstić information content (AvgIpc) is 2.69. The maximum absolute atomic E-state index is 14.2. The lowest BCUT2D eigenvalue weighted by atomic mass is 9.83. The Bertz CT molecular complexity index is 721. The van der Waals surface area contributed by atoms with Gasteiger partial charge >= 0.3 is 0 Å². The summed E-state index contributed by atoms with van der Waals surface area (Å²) in [5.41, 5.74) is 0.884. The van der Waals surface area contributed by atoms with E-state index in [0.717, 1.165) is 12.2 Å². The summed E-state index contributed by atoms with van der Waals surface area (Å²) in [6.45, 7) is 3.20. The minimum atomic E-state index is -0.403. The number of benzene rings is 1. The van der Waals surface area contributed by atoms with Gasteiger partial charge in [0.1, 0.15) is 0 Å². The Morgan fingerprint density at radius 1 is 1.08 bits per heavy atom. The number of piperidine rings is 2. The molecule has 6 heteroatoms. The Kier molecular flexibility index (Phi) is 5.29. The number of para-hydroxylation sites is 1. The van der Waals surface area contributed by atoms with E-state index < -0.39 is 5.82 Å². The van der Waals surface area contributed by atoms with Crippen LogP contribution < -0.4 is 10.6 Å². The second kappa shape index (κ2) is 7.99. The maximum atomic E-state index is 14.2. The molecular formula is C20H26FN5. The Morgan fingerprint density at radius 2 is 1.92 bits per heavy atom. The van der Waals surface area contributed by atoms with E-state index in [-0.39, 0.29) is 5.82 Å². The molecule has 138 valence electrons. The lowest BCUT2D eigenvalue weighted by Gasteiger charge is -2.44. The molecule has 26 heavy (non-hydrogen) atoms. The summed E-state index contributed by atoms with van der Waals surface area (Å²) in [7, 11) is 0. The molecule has 2 N–H and O–H groups in total. The van der Waals surface area contributed by atoms with Crippen LogP contribution in [0.3, 0.4) is 0 Å². The predicted molar refractivity (Wildman–Crippen MR) is 102 cm³/mol. The van der Waals surface area contributed by atoms with Gasteiger partial charge in [0.25, 0.3) is 0 Å². The van der Waals surface area contributed by atoms with Gasteiger partial charge in [0.15, 0.2) is 11.6 Å². The average molecular weight is 355 g/mol. The van der Waals surface area contributed by atoms with Gasteiger partial charge in [-0.2, -0.15) is 4.98 Å². The van der Waals surface area contributed by atoms with Crippen molar-refractivity contribution >= 4 is 17.5 Å². The Balaban J connectivity index is 1.41. The summed E-state index contributed by atoms with van der Waals surface area (Å²) < 4.78 is 14.2. The van der Waals surface area contributed by atoms with Crippen molar-refractivity contribution < 1.29 is 4.39 Å². The third-order valence-corrected chi connectivity index (χ3v) is 5.53. The van der Waals surface area contributed by atoms with E-state index >= 15 is 0 Å². The Labute approximate surface area is 154 Å². The summed E-state index contributed by atoms with van der Waals surface area (Å²) in [6.07, 6.45) is 7.55. The van der Waals surface area contributed by atoms with Crippen molar-refractivity contribution in [2.24, 2.45) is 5.92 Å². The fraction of sp³-hybridized carbons (Fsp3) is 0.500. The molecule has 0 aliphatic carbocycles. The van der Waals surface area contributed by atoms with Crippen LogP contribution in [0.1, 0.15) is 32.1 Å². The quantitative estimate of drug-likeness (QED) is 0.848. The summed E-state index contributed by atoms with van der Waals surface area (Å²) in [5, 5.41) is 6.37. The molecule has 2 aliphatic rings. The first-order chi connectivity index (χ1) is 12.8. The fourth-order valence-corrected chi connectivity index (χ4v) is 4.24. The summed E-state index contributed by atoms with van der Waals surface area (Å²) in [4.78, 5) is 11.0. The number of hydrogen-bond donors (Lipinski definition) is 2. The summed E-state index contributed by atoms with van der Waals surface area (Å²) in [6, 6.07) is 10.3. The topological polar surface area (TPSA) is 53.1 Å². The minimum absolute atomic E-state index is 0.284. The van der Waals surface area contributed by atoms with Crippen LogP contribution in [0.25, 0.3) is 0 Å². The zero-order chi connectivity index (χ0) is 17.8. The number of nitrogens with zero attached hydrogens (tertiary/aromatic N) is 3. The maximum Gasteiger partial charge on any atom is 0.229 e. The third-order valence-electron chi connectivity index (χ3n) is 5.53. The molecular weight excluding hydrogens is 329 g/mol. The van der Waals surface area contributed by atoms with E-state index in [1.165, 1.54) is 51.4 Å². The molecule has 0 saturated carbocycles. The molecule has 0 amide bonds. The van der Waals surface area contributed by atoms with Crippen LogP contribution in [0.5, 0.6) is 0 Å². The highest BCUT2D eigenvalue weighted by atomic mass is 19.1. The highest BCUT2D eigenvalue weighted by molar-refractivity contribution is 5.54. The van der Waals surface area contributed by atoms with E-state index in [0.29, 0.717) is 17.9 Å². The summed E-state index contributed by atoms with van der Waals surface area (Å²) in [5.74, 6) is 0.846. The lowest BCUT2D eigenvalue weighted by Crippen LogP contribution is -2.49. The summed E-state index contributed by atoms with van der Waals surface area (Å²) >= 11 is 0. The number of nitrogens with one attached hydrogen (secondary N) is 2. The van der Waals surface area contributed by atoms with Crippen molar-refractivity contribution in [3.63, 3.8) is 0 Å². The van der Waals surface area contributed by atoms with Crippen LogP contribution in [0, 0.1) is 11.7 Å². The van der Waals surface area contributed by atoms with Crippen LogP contribution in [-0.4, -0.2) is 40.5 Å². The molecule has 2 fully saturated rings. The molecule has 4 rings (SSSR count). The first-order valence-electron chi connectivity index (χ1n) is 9.62. The van der Waals surface area contributed by atoms with Gasteiger partial charge in [-0.05, 0) is 56.8 Å². The molecule has 0 radical (unpaired) electrons. The van der Waals surface area contributed by atoms with Gasteiger partial charge in [-0.3, -0.25) is 0 Å². The molecule has 5 nitrogen and oxygen atoms in total. The van der Waals surface area contributed by atoms with Crippen molar-refractivity contribution in [3.05, 3.63) is 42.3 Å². The molecule has 2 aliphatic heterocycles. The Hall–Kier alpha value is -2.21. The molecule has 3 heterocycles. The number of fused-ring (bicyclic) bond motifs is 1. The molecule has 0 spiro atoms. The molecule has 2 aromatic rings. The van der Waals surface area contributed by atoms with Crippen molar-refractivity contribution in [3.8, 4) is 0 Å². The van der Waals surface area contributed by atoms with Crippen molar-refractivity contribution in [1.29, 1.82) is 0 Å². The van der Waals surface area contributed by atoms with Crippen LogP contribution in [0.2, 0.25) is 0 Å². The van der Waals surface area contributed by atoms with Gasteiger partial charge in [0.05, 0.1) is 6.20 Å². The van der Waals surface area contributed by atoms with E-state index in [1.807, 2.05) is 30.3 Å². The molecule has 2 atom stereocenters. The fourth-order valence-electron chi connectivity index (χ4n) is 4.24. The van der Waals surface area contributed by atoms with Crippen molar-refractivity contribution in [1.82, 2.24) is 14.9 Å². The van der Waals surface area contributed by atoms with Gasteiger partial charge < -0.3 is 15.5 Å². The first-order valence-corrected chi connectivity index (χ1v) is 9.62. The zero-order valence-electron chi connectivity index (χ0n) is 15.0. The van der Waals surface area contributed by atoms with Crippen molar-refractivity contribution in [2.45, 2.75) is 38.1 Å².